The van der Waals surface area contributed by atoms with E-state index < -0.39 is 10.0 Å². The molecule has 3 N–H and O–H groups in total. The fraction of sp³-hybridized carbons (Fsp3) is 0.462. The summed E-state index contributed by atoms with van der Waals surface area (Å²) in [7, 11) is -3.61. The van der Waals surface area contributed by atoms with E-state index in [0.717, 1.165) is 24.3 Å². The maximum absolute atomic E-state index is 12.2. The highest BCUT2D eigenvalue weighted by Gasteiger charge is 2.20. The van der Waals surface area contributed by atoms with Crippen LogP contribution in [0.1, 0.15) is 18.4 Å². The van der Waals surface area contributed by atoms with E-state index >= 15 is 0 Å². The first-order valence-electron chi connectivity index (χ1n) is 6.40. The number of nitrogens with two attached hydrogens (primary N) is 1. The highest BCUT2D eigenvalue weighted by Crippen LogP contribution is 2.23. The highest BCUT2D eigenvalue weighted by atomic mass is 32.2. The zero-order valence-corrected chi connectivity index (χ0v) is 12.6. The quantitative estimate of drug-likeness (QED) is 0.823. The summed E-state index contributed by atoms with van der Waals surface area (Å²) >= 11 is 1.91. The van der Waals surface area contributed by atoms with Crippen molar-refractivity contribution in [3.8, 4) is 6.07 Å². The van der Waals surface area contributed by atoms with Gasteiger partial charge < -0.3 is 5.73 Å². The Morgan fingerprint density at radius 3 is 2.70 bits per heavy atom. The topological polar surface area (TPSA) is 96.0 Å². The Hall–Kier alpha value is -1.23. The molecule has 1 saturated heterocycles. The molecule has 1 aromatic rings. The molecule has 0 unspecified atom stereocenters. The van der Waals surface area contributed by atoms with Crippen molar-refractivity contribution in [2.24, 2.45) is 5.92 Å². The van der Waals surface area contributed by atoms with Gasteiger partial charge in [-0.1, -0.05) is 0 Å². The molecular formula is C13H17N3O2S2. The van der Waals surface area contributed by atoms with Crippen LogP contribution in [0.3, 0.4) is 0 Å². The van der Waals surface area contributed by atoms with Crippen LogP contribution in [0, 0.1) is 17.2 Å². The number of rotatable bonds is 4. The monoisotopic (exact) mass is 311 g/mol. The van der Waals surface area contributed by atoms with Crippen LogP contribution in [0.25, 0.3) is 0 Å². The Morgan fingerprint density at radius 1 is 1.40 bits per heavy atom. The number of nitrogens with zero attached hydrogens (tertiary/aromatic N) is 1. The van der Waals surface area contributed by atoms with Crippen molar-refractivity contribution in [1.29, 1.82) is 5.26 Å². The molecule has 0 radical (unpaired) electrons. The molecule has 20 heavy (non-hydrogen) atoms. The largest absolute Gasteiger partial charge is 0.398 e. The van der Waals surface area contributed by atoms with E-state index in [2.05, 4.69) is 4.72 Å². The van der Waals surface area contributed by atoms with Crippen molar-refractivity contribution in [2.45, 2.75) is 17.7 Å². The van der Waals surface area contributed by atoms with Gasteiger partial charge in [-0.15, -0.1) is 0 Å². The number of nitriles is 1. The van der Waals surface area contributed by atoms with Crippen molar-refractivity contribution in [3.05, 3.63) is 23.8 Å². The van der Waals surface area contributed by atoms with Gasteiger partial charge in [-0.05, 0) is 48.5 Å². The van der Waals surface area contributed by atoms with Gasteiger partial charge >= 0.3 is 0 Å². The fourth-order valence-corrected chi connectivity index (χ4v) is 4.55. The van der Waals surface area contributed by atoms with Crippen LogP contribution in [0.2, 0.25) is 0 Å². The lowest BCUT2D eigenvalue weighted by Crippen LogP contribution is -2.31. The Morgan fingerprint density at radius 2 is 2.10 bits per heavy atom. The van der Waals surface area contributed by atoms with Crippen LogP contribution in [0.15, 0.2) is 23.1 Å². The van der Waals surface area contributed by atoms with Gasteiger partial charge in [0.15, 0.2) is 0 Å². The molecule has 7 heteroatoms. The van der Waals surface area contributed by atoms with E-state index in [4.69, 9.17) is 11.0 Å². The second-order valence-corrected chi connectivity index (χ2v) is 7.73. The molecule has 0 saturated carbocycles. The van der Waals surface area contributed by atoms with E-state index in [1.807, 2.05) is 17.8 Å². The SMILES string of the molecule is N#Cc1ccc(S(=O)(=O)NCC2CCSCC2)c(N)c1. The predicted molar refractivity (Wildman–Crippen MR) is 80.8 cm³/mol. The van der Waals surface area contributed by atoms with E-state index in [-0.39, 0.29) is 10.6 Å². The van der Waals surface area contributed by atoms with Gasteiger partial charge in [-0.25, -0.2) is 13.1 Å². The second kappa shape index (κ2) is 6.48. The molecule has 1 heterocycles. The Balaban J connectivity index is 2.08. The van der Waals surface area contributed by atoms with E-state index in [1.165, 1.54) is 18.2 Å². The first-order chi connectivity index (χ1) is 9.53. The summed E-state index contributed by atoms with van der Waals surface area (Å²) < 4.78 is 27.1. The minimum Gasteiger partial charge on any atom is -0.398 e. The average Bonchev–Trinajstić information content (AvgIpc) is 2.46. The van der Waals surface area contributed by atoms with Crippen molar-refractivity contribution in [2.75, 3.05) is 23.8 Å². The molecule has 0 spiro atoms. The molecule has 2 rings (SSSR count). The zero-order valence-electron chi connectivity index (χ0n) is 11.0. The van der Waals surface area contributed by atoms with E-state index in [1.54, 1.807) is 0 Å². The first-order valence-corrected chi connectivity index (χ1v) is 9.04. The third-order valence-corrected chi connectivity index (χ3v) is 5.88. The summed E-state index contributed by atoms with van der Waals surface area (Å²) in [6.45, 7) is 0.447. The lowest BCUT2D eigenvalue weighted by Gasteiger charge is -2.21. The van der Waals surface area contributed by atoms with E-state index in [0.29, 0.717) is 18.0 Å². The van der Waals surface area contributed by atoms with Gasteiger partial charge in [-0.2, -0.15) is 17.0 Å². The van der Waals surface area contributed by atoms with Crippen molar-refractivity contribution in [1.82, 2.24) is 4.72 Å². The van der Waals surface area contributed by atoms with E-state index in [9.17, 15) is 8.42 Å². The molecule has 1 aromatic carbocycles. The summed E-state index contributed by atoms with van der Waals surface area (Å²) in [5, 5.41) is 8.76. The number of nitrogens with one attached hydrogen (secondary N) is 1. The predicted octanol–water partition coefficient (Wildman–Crippen LogP) is 1.56. The molecule has 0 aromatic heterocycles. The second-order valence-electron chi connectivity index (χ2n) is 4.77. The minimum absolute atomic E-state index is 0.0432. The smallest absolute Gasteiger partial charge is 0.242 e. The van der Waals surface area contributed by atoms with Gasteiger partial charge in [0.2, 0.25) is 10.0 Å². The number of hydrogen-bond donors (Lipinski definition) is 2. The number of hydrogen-bond acceptors (Lipinski definition) is 5. The lowest BCUT2D eigenvalue weighted by molar-refractivity contribution is 0.477. The highest BCUT2D eigenvalue weighted by molar-refractivity contribution is 7.99. The summed E-state index contributed by atoms with van der Waals surface area (Å²) in [4.78, 5) is 0.0432. The third kappa shape index (κ3) is 3.66. The number of benzene rings is 1. The number of nitrogen functional groups attached to an aromatic ring is 1. The Bertz CT molecular complexity index is 617. The molecule has 0 amide bonds. The standard InChI is InChI=1S/C13H17N3O2S2/c14-8-11-1-2-13(12(15)7-11)20(17,18)16-9-10-3-5-19-6-4-10/h1-2,7,10,16H,3-6,9,15H2. The average molecular weight is 311 g/mol. The van der Waals surface area contributed by atoms with Gasteiger partial charge in [0.1, 0.15) is 4.90 Å². The van der Waals surface area contributed by atoms with Gasteiger partial charge in [0.05, 0.1) is 17.3 Å². The van der Waals surface area contributed by atoms with Crippen molar-refractivity contribution < 1.29 is 8.42 Å². The molecule has 0 atom stereocenters. The van der Waals surface area contributed by atoms with Crippen LogP contribution in [0.4, 0.5) is 5.69 Å². The summed E-state index contributed by atoms with van der Waals surface area (Å²) in [6, 6.07) is 6.16. The Kier molecular flexibility index (Phi) is 4.91. The zero-order chi connectivity index (χ0) is 14.6. The molecule has 5 nitrogen and oxygen atoms in total. The van der Waals surface area contributed by atoms with Gasteiger partial charge in [-0.3, -0.25) is 0 Å². The van der Waals surface area contributed by atoms with Crippen LogP contribution < -0.4 is 10.5 Å². The summed E-state index contributed by atoms with van der Waals surface area (Å²) in [5.41, 5.74) is 6.18. The van der Waals surface area contributed by atoms with Crippen LogP contribution in [-0.2, 0) is 10.0 Å². The van der Waals surface area contributed by atoms with Gasteiger partial charge in [0.25, 0.3) is 0 Å². The first kappa shape index (κ1) is 15.2. The fourth-order valence-electron chi connectivity index (χ4n) is 2.12. The summed E-state index contributed by atoms with van der Waals surface area (Å²) in [6.07, 6.45) is 2.08. The lowest BCUT2D eigenvalue weighted by atomic mass is 10.0. The number of sulfonamides is 1. The van der Waals surface area contributed by atoms with Gasteiger partial charge in [0, 0.05) is 6.54 Å². The number of thioether (sulfide) groups is 1. The maximum atomic E-state index is 12.2. The van der Waals surface area contributed by atoms with Crippen molar-refractivity contribution in [3.63, 3.8) is 0 Å². The third-order valence-electron chi connectivity index (χ3n) is 3.33. The molecule has 1 fully saturated rings. The van der Waals surface area contributed by atoms with Crippen LogP contribution in [0.5, 0.6) is 0 Å². The van der Waals surface area contributed by atoms with Crippen LogP contribution in [-0.4, -0.2) is 26.5 Å². The molecule has 1 aliphatic heterocycles. The van der Waals surface area contributed by atoms with Crippen molar-refractivity contribution >= 4 is 27.5 Å². The maximum Gasteiger partial charge on any atom is 0.242 e. The normalized spacial score (nSPS) is 16.8. The molecular weight excluding hydrogens is 294 g/mol. The minimum atomic E-state index is -3.61. The summed E-state index contributed by atoms with van der Waals surface area (Å²) in [5.74, 6) is 2.57. The molecule has 1 aliphatic rings. The molecule has 0 aliphatic carbocycles. The van der Waals surface area contributed by atoms with Crippen LogP contribution >= 0.6 is 11.8 Å². The Labute approximate surface area is 123 Å². The molecule has 108 valence electrons. The molecule has 0 bridgehead atoms. The number of anilines is 1.